The number of carbonyl (C=O) groups is 2. The molecule has 0 heterocycles. The van der Waals surface area contributed by atoms with Gasteiger partial charge in [-0.05, 0) is 63.8 Å². The molecule has 0 unspecified atom stereocenters. The molecule has 43 heavy (non-hydrogen) atoms. The van der Waals surface area contributed by atoms with Crippen molar-refractivity contribution in [2.75, 3.05) is 19.8 Å². The van der Waals surface area contributed by atoms with Crippen molar-refractivity contribution in [2.45, 2.75) is 37.1 Å². The molecular formula is C36H33N2O5. The van der Waals surface area contributed by atoms with Gasteiger partial charge in [0, 0.05) is 18.4 Å². The maximum atomic E-state index is 12.5. The van der Waals surface area contributed by atoms with Gasteiger partial charge in [-0.25, -0.2) is 9.59 Å². The van der Waals surface area contributed by atoms with Gasteiger partial charge in [-0.2, -0.15) is 0 Å². The van der Waals surface area contributed by atoms with Crippen LogP contribution >= 0.6 is 0 Å². The molecule has 2 amide bonds. The van der Waals surface area contributed by atoms with Gasteiger partial charge in [0.2, 0.25) is 6.29 Å². The number of amides is 2. The van der Waals surface area contributed by atoms with Crippen LogP contribution in [0.3, 0.4) is 0 Å². The maximum Gasteiger partial charge on any atom is 0.407 e. The Hall–Kier alpha value is -4.91. The van der Waals surface area contributed by atoms with Gasteiger partial charge in [0.25, 0.3) is 0 Å². The Morgan fingerprint density at radius 2 is 1.05 bits per heavy atom. The predicted molar refractivity (Wildman–Crippen MR) is 165 cm³/mol. The number of benzene rings is 4. The number of fused-ring (bicyclic) bond motifs is 6. The summed E-state index contributed by atoms with van der Waals surface area (Å²) in [6, 6.07) is 31.9. The van der Waals surface area contributed by atoms with Gasteiger partial charge < -0.3 is 20.1 Å². The fourth-order valence-electron chi connectivity index (χ4n) is 6.26. The molecular weight excluding hydrogens is 540 g/mol. The van der Waals surface area contributed by atoms with E-state index in [1.54, 1.807) is 0 Å². The van der Waals surface area contributed by atoms with Crippen LogP contribution in [0.2, 0.25) is 0 Å². The van der Waals surface area contributed by atoms with Crippen LogP contribution in [-0.4, -0.2) is 44.3 Å². The van der Waals surface area contributed by atoms with Gasteiger partial charge in [-0.1, -0.05) is 97.1 Å². The minimum Gasteiger partial charge on any atom is -0.449 e. The summed E-state index contributed by atoms with van der Waals surface area (Å²) in [5, 5.41) is 5.39. The smallest absolute Gasteiger partial charge is 0.407 e. The molecule has 6 rings (SSSR count). The molecule has 7 heteroatoms. The minimum absolute atomic E-state index is 0.00558. The summed E-state index contributed by atoms with van der Waals surface area (Å²) < 4.78 is 11.1. The van der Waals surface area contributed by atoms with Crippen molar-refractivity contribution in [3.63, 3.8) is 0 Å². The fourth-order valence-corrected chi connectivity index (χ4v) is 6.26. The SMILES string of the molecule is O=[C][C@H](CCCCNC(=O)OCC1c2ccccc2-c2ccccc21)NC(=O)OCC1c2ccccc2-c2ccccc21. The lowest BCUT2D eigenvalue weighted by atomic mass is 9.98. The first kappa shape index (κ1) is 28.2. The van der Waals surface area contributed by atoms with E-state index in [1.165, 1.54) is 11.1 Å². The highest BCUT2D eigenvalue weighted by Crippen LogP contribution is 2.45. The van der Waals surface area contributed by atoms with E-state index in [0.29, 0.717) is 25.8 Å². The van der Waals surface area contributed by atoms with E-state index in [0.717, 1.165) is 33.4 Å². The summed E-state index contributed by atoms with van der Waals surface area (Å²) in [6.45, 7) is 0.828. The molecule has 2 N–H and O–H groups in total. The van der Waals surface area contributed by atoms with E-state index < -0.39 is 18.2 Å². The van der Waals surface area contributed by atoms with Crippen molar-refractivity contribution in [3.8, 4) is 22.3 Å². The molecule has 217 valence electrons. The van der Waals surface area contributed by atoms with E-state index in [9.17, 15) is 14.4 Å². The van der Waals surface area contributed by atoms with Crippen molar-refractivity contribution in [2.24, 2.45) is 0 Å². The summed E-state index contributed by atoms with van der Waals surface area (Å²) in [7, 11) is 0. The number of hydrogen-bond acceptors (Lipinski definition) is 5. The first-order chi connectivity index (χ1) is 21.1. The van der Waals surface area contributed by atoms with E-state index in [1.807, 2.05) is 54.8 Å². The first-order valence-corrected chi connectivity index (χ1v) is 14.7. The predicted octanol–water partition coefficient (Wildman–Crippen LogP) is 6.71. The highest BCUT2D eigenvalue weighted by molar-refractivity contribution is 5.80. The molecule has 0 fully saturated rings. The van der Waals surface area contributed by atoms with E-state index >= 15 is 0 Å². The fraction of sp³-hybridized carbons (Fsp3) is 0.250. The van der Waals surface area contributed by atoms with E-state index in [-0.39, 0.29) is 25.0 Å². The average molecular weight is 574 g/mol. The Kier molecular flexibility index (Phi) is 8.50. The second kappa shape index (κ2) is 12.9. The van der Waals surface area contributed by atoms with Gasteiger partial charge in [0.1, 0.15) is 13.2 Å². The van der Waals surface area contributed by atoms with Gasteiger partial charge in [-0.15, -0.1) is 0 Å². The van der Waals surface area contributed by atoms with Crippen molar-refractivity contribution in [3.05, 3.63) is 119 Å². The number of nitrogens with one attached hydrogen (secondary N) is 2. The summed E-state index contributed by atoms with van der Waals surface area (Å²) in [6.07, 6.45) is 2.38. The van der Waals surface area contributed by atoms with Gasteiger partial charge in [0.05, 0.1) is 6.04 Å². The molecule has 0 saturated heterocycles. The number of alkyl carbamates (subject to hydrolysis) is 2. The highest BCUT2D eigenvalue weighted by atomic mass is 16.6. The molecule has 2 aliphatic carbocycles. The summed E-state index contributed by atoms with van der Waals surface area (Å²) in [4.78, 5) is 36.4. The summed E-state index contributed by atoms with van der Waals surface area (Å²) in [5.74, 6) is -0.0492. The zero-order valence-electron chi connectivity index (χ0n) is 23.8. The largest absolute Gasteiger partial charge is 0.449 e. The second-order valence-electron chi connectivity index (χ2n) is 10.9. The molecule has 0 spiro atoms. The summed E-state index contributed by atoms with van der Waals surface area (Å²) in [5.41, 5.74) is 9.24. The normalized spacial score (nSPS) is 13.7. The highest BCUT2D eigenvalue weighted by Gasteiger charge is 2.30. The zero-order valence-corrected chi connectivity index (χ0v) is 23.8. The van der Waals surface area contributed by atoms with E-state index in [2.05, 4.69) is 59.2 Å². The van der Waals surface area contributed by atoms with Gasteiger partial charge in [-0.3, -0.25) is 4.79 Å². The van der Waals surface area contributed by atoms with Gasteiger partial charge in [0.15, 0.2) is 0 Å². The second-order valence-corrected chi connectivity index (χ2v) is 10.9. The molecule has 2 aliphatic rings. The van der Waals surface area contributed by atoms with Crippen LogP contribution in [0, 0.1) is 0 Å². The number of carbonyl (C=O) groups excluding carboxylic acids is 3. The molecule has 1 atom stereocenters. The van der Waals surface area contributed by atoms with E-state index in [4.69, 9.17) is 9.47 Å². The van der Waals surface area contributed by atoms with Crippen LogP contribution < -0.4 is 10.6 Å². The molecule has 1 radical (unpaired) electrons. The van der Waals surface area contributed by atoms with Crippen LogP contribution in [0.5, 0.6) is 0 Å². The third-order valence-corrected chi connectivity index (χ3v) is 8.31. The van der Waals surface area contributed by atoms with Crippen molar-refractivity contribution in [1.82, 2.24) is 10.6 Å². The monoisotopic (exact) mass is 573 g/mol. The molecule has 0 aliphatic heterocycles. The Labute approximate surface area is 251 Å². The maximum absolute atomic E-state index is 12.5. The van der Waals surface area contributed by atoms with Crippen molar-refractivity contribution >= 4 is 18.5 Å². The number of ether oxygens (including phenoxy) is 2. The lowest BCUT2D eigenvalue weighted by Crippen LogP contribution is -2.37. The lowest BCUT2D eigenvalue weighted by Gasteiger charge is -2.16. The molecule has 0 bridgehead atoms. The van der Waals surface area contributed by atoms with Gasteiger partial charge >= 0.3 is 12.2 Å². The minimum atomic E-state index is -0.787. The molecule has 0 aromatic heterocycles. The Bertz CT molecular complexity index is 1540. The lowest BCUT2D eigenvalue weighted by molar-refractivity contribution is 0.141. The Morgan fingerprint density at radius 1 is 0.628 bits per heavy atom. The van der Waals surface area contributed by atoms with Crippen LogP contribution in [-0.2, 0) is 14.3 Å². The average Bonchev–Trinajstić information content (AvgIpc) is 3.54. The molecule has 4 aromatic carbocycles. The molecule has 7 nitrogen and oxygen atoms in total. The van der Waals surface area contributed by atoms with Crippen LogP contribution in [0.1, 0.15) is 53.4 Å². The quantitative estimate of drug-likeness (QED) is 0.195. The Morgan fingerprint density at radius 3 is 1.49 bits per heavy atom. The number of unbranched alkanes of at least 4 members (excludes halogenated alkanes) is 1. The summed E-state index contributed by atoms with van der Waals surface area (Å²) >= 11 is 0. The van der Waals surface area contributed by atoms with Crippen LogP contribution in [0.25, 0.3) is 22.3 Å². The Balaban J connectivity index is 0.906. The van der Waals surface area contributed by atoms with Crippen molar-refractivity contribution < 1.29 is 23.9 Å². The first-order valence-electron chi connectivity index (χ1n) is 14.7. The van der Waals surface area contributed by atoms with Crippen LogP contribution in [0.4, 0.5) is 9.59 Å². The number of hydrogen-bond donors (Lipinski definition) is 2. The standard InChI is InChI=1S/C36H33N2O5/c39-21-24(38-36(41)43-23-34-31-18-7-3-14-27(31)28-15-4-8-19-32(28)34)11-9-10-20-37-35(40)42-22-33-29-16-5-1-12-25(29)26-13-2-6-17-30(26)33/h1-8,12-19,24,33-34H,9-11,20,22-23H2,(H,37,40)(H,38,41)/t24-/m0/s1. The zero-order chi connectivity index (χ0) is 29.6. The third kappa shape index (κ3) is 6.02. The topological polar surface area (TPSA) is 93.7 Å². The third-order valence-electron chi connectivity index (χ3n) is 8.31. The molecule has 4 aromatic rings. The van der Waals surface area contributed by atoms with Crippen molar-refractivity contribution in [1.29, 1.82) is 0 Å². The van der Waals surface area contributed by atoms with Crippen LogP contribution in [0.15, 0.2) is 97.1 Å². The number of rotatable bonds is 11. The molecule has 0 saturated carbocycles.